The monoisotopic (exact) mass is 419 g/mol. The van der Waals surface area contributed by atoms with Crippen molar-refractivity contribution in [1.82, 2.24) is 5.32 Å². The predicted octanol–water partition coefficient (Wildman–Crippen LogP) is 5.81. The molecular formula is C27H30FNO2. The first-order valence-electron chi connectivity index (χ1n) is 11.1. The van der Waals surface area contributed by atoms with Gasteiger partial charge in [0.15, 0.2) is 11.5 Å². The number of benzene rings is 3. The van der Waals surface area contributed by atoms with Crippen molar-refractivity contribution >= 4 is 0 Å². The van der Waals surface area contributed by atoms with Crippen LogP contribution in [0.5, 0.6) is 11.5 Å². The molecule has 1 saturated heterocycles. The first-order valence-corrected chi connectivity index (χ1v) is 11.1. The highest BCUT2D eigenvalue weighted by Crippen LogP contribution is 2.44. The van der Waals surface area contributed by atoms with Crippen LogP contribution in [0.4, 0.5) is 4.39 Å². The Kier molecular flexibility index (Phi) is 6.57. The summed E-state index contributed by atoms with van der Waals surface area (Å²) < 4.78 is 19.9. The van der Waals surface area contributed by atoms with E-state index in [9.17, 15) is 9.50 Å². The molecule has 1 fully saturated rings. The van der Waals surface area contributed by atoms with Crippen molar-refractivity contribution in [3.8, 4) is 11.5 Å². The van der Waals surface area contributed by atoms with Crippen LogP contribution in [0, 0.1) is 11.7 Å². The molecule has 31 heavy (non-hydrogen) atoms. The van der Waals surface area contributed by atoms with E-state index in [-0.39, 0.29) is 11.6 Å². The molecule has 1 atom stereocenters. The van der Waals surface area contributed by atoms with Crippen LogP contribution >= 0.6 is 0 Å². The van der Waals surface area contributed by atoms with Gasteiger partial charge >= 0.3 is 0 Å². The van der Waals surface area contributed by atoms with Crippen molar-refractivity contribution in [3.05, 3.63) is 95.3 Å². The summed E-state index contributed by atoms with van der Waals surface area (Å²) in [7, 11) is 0. The lowest BCUT2D eigenvalue weighted by atomic mass is 9.74. The standard InChI is InChI=1S/C27H30FNO2/c1-2-27(23-15-17-29-18-16-23,31-26-6-4-3-5-25(26)30)22-11-7-20(8-12-22)19-21-9-13-24(28)14-10-21/h3-14,23,29-30H,2,15-19H2,1H3. The third-order valence-corrected chi connectivity index (χ3v) is 6.45. The number of aromatic hydroxyl groups is 1. The van der Waals surface area contributed by atoms with Crippen molar-refractivity contribution in [3.63, 3.8) is 0 Å². The van der Waals surface area contributed by atoms with Gasteiger partial charge in [-0.25, -0.2) is 4.39 Å². The zero-order chi connectivity index (χ0) is 21.7. The van der Waals surface area contributed by atoms with Crippen LogP contribution in [-0.2, 0) is 12.0 Å². The van der Waals surface area contributed by atoms with E-state index in [0.717, 1.165) is 49.9 Å². The number of rotatable bonds is 7. The summed E-state index contributed by atoms with van der Waals surface area (Å²) in [5, 5.41) is 13.8. The summed E-state index contributed by atoms with van der Waals surface area (Å²) in [6.07, 6.45) is 3.62. The van der Waals surface area contributed by atoms with Gasteiger partial charge in [-0.15, -0.1) is 0 Å². The Balaban J connectivity index is 1.65. The van der Waals surface area contributed by atoms with Crippen molar-refractivity contribution in [2.75, 3.05) is 13.1 Å². The van der Waals surface area contributed by atoms with Gasteiger partial charge in [-0.3, -0.25) is 0 Å². The number of para-hydroxylation sites is 2. The van der Waals surface area contributed by atoms with Crippen LogP contribution in [0.25, 0.3) is 0 Å². The first-order chi connectivity index (χ1) is 15.1. The smallest absolute Gasteiger partial charge is 0.162 e. The molecule has 1 aliphatic rings. The third-order valence-electron chi connectivity index (χ3n) is 6.45. The molecule has 1 heterocycles. The minimum absolute atomic E-state index is 0.169. The molecule has 3 aromatic carbocycles. The Labute approximate surface area is 183 Å². The molecule has 1 aliphatic heterocycles. The SMILES string of the molecule is CCC(Oc1ccccc1O)(c1ccc(Cc2ccc(F)cc2)cc1)C1CCNCC1. The molecule has 0 radical (unpaired) electrons. The van der Waals surface area contributed by atoms with Gasteiger partial charge < -0.3 is 15.2 Å². The largest absolute Gasteiger partial charge is 0.504 e. The van der Waals surface area contributed by atoms with Gasteiger partial charge in [0.2, 0.25) is 0 Å². The summed E-state index contributed by atoms with van der Waals surface area (Å²) in [6.45, 7) is 4.10. The fourth-order valence-electron chi connectivity index (χ4n) is 4.71. The molecule has 0 spiro atoms. The lowest BCUT2D eigenvalue weighted by Crippen LogP contribution is -2.45. The van der Waals surface area contributed by atoms with Crippen molar-refractivity contribution in [2.24, 2.45) is 5.92 Å². The van der Waals surface area contributed by atoms with Crippen LogP contribution in [0.15, 0.2) is 72.8 Å². The Hall–Kier alpha value is -2.85. The zero-order valence-corrected chi connectivity index (χ0v) is 18.0. The molecule has 3 nitrogen and oxygen atoms in total. The second-order valence-corrected chi connectivity index (χ2v) is 8.34. The minimum atomic E-state index is -0.505. The van der Waals surface area contributed by atoms with Crippen molar-refractivity contribution in [2.45, 2.75) is 38.2 Å². The van der Waals surface area contributed by atoms with Gasteiger partial charge in [0, 0.05) is 5.92 Å². The van der Waals surface area contributed by atoms with Crippen LogP contribution < -0.4 is 10.1 Å². The molecule has 2 N–H and O–H groups in total. The number of phenols is 1. The van der Waals surface area contributed by atoms with E-state index in [2.05, 4.69) is 36.5 Å². The lowest BCUT2D eigenvalue weighted by molar-refractivity contribution is -0.0161. The van der Waals surface area contributed by atoms with Crippen molar-refractivity contribution < 1.29 is 14.2 Å². The third kappa shape index (κ3) is 4.75. The van der Waals surface area contributed by atoms with E-state index in [1.807, 2.05) is 30.3 Å². The Morgan fingerprint density at radius 1 is 0.935 bits per heavy atom. The highest BCUT2D eigenvalue weighted by Gasteiger charge is 2.42. The lowest BCUT2D eigenvalue weighted by Gasteiger charge is -2.43. The average molecular weight is 420 g/mol. The number of phenolic OH excluding ortho intramolecular Hbond substituents is 1. The highest BCUT2D eigenvalue weighted by atomic mass is 19.1. The molecular weight excluding hydrogens is 389 g/mol. The number of hydrogen-bond acceptors (Lipinski definition) is 3. The topological polar surface area (TPSA) is 41.5 Å². The number of hydrogen-bond donors (Lipinski definition) is 2. The van der Waals surface area contributed by atoms with Gasteiger partial charge in [-0.05, 0) is 79.7 Å². The fraction of sp³-hybridized carbons (Fsp3) is 0.333. The molecule has 3 aromatic rings. The maximum atomic E-state index is 13.2. The van der Waals surface area contributed by atoms with E-state index in [4.69, 9.17) is 4.74 Å². The minimum Gasteiger partial charge on any atom is -0.504 e. The van der Waals surface area contributed by atoms with E-state index in [0.29, 0.717) is 11.7 Å². The van der Waals surface area contributed by atoms with Gasteiger partial charge in [-0.2, -0.15) is 0 Å². The van der Waals surface area contributed by atoms with E-state index in [1.54, 1.807) is 6.07 Å². The number of piperidine rings is 1. The zero-order valence-electron chi connectivity index (χ0n) is 18.0. The number of nitrogens with one attached hydrogen (secondary N) is 1. The molecule has 1 unspecified atom stereocenters. The molecule has 4 rings (SSSR count). The Morgan fingerprint density at radius 3 is 2.16 bits per heavy atom. The quantitative estimate of drug-likeness (QED) is 0.508. The van der Waals surface area contributed by atoms with E-state index >= 15 is 0 Å². The molecule has 0 aromatic heterocycles. The summed E-state index contributed by atoms with van der Waals surface area (Å²) in [5.74, 6) is 0.830. The maximum absolute atomic E-state index is 13.2. The van der Waals surface area contributed by atoms with Gasteiger partial charge in [0.25, 0.3) is 0 Å². The second-order valence-electron chi connectivity index (χ2n) is 8.34. The molecule has 0 bridgehead atoms. The molecule has 0 amide bonds. The van der Waals surface area contributed by atoms with Crippen LogP contribution in [-0.4, -0.2) is 18.2 Å². The highest BCUT2D eigenvalue weighted by molar-refractivity contribution is 5.40. The van der Waals surface area contributed by atoms with E-state index in [1.165, 1.54) is 17.7 Å². The van der Waals surface area contributed by atoms with Crippen LogP contribution in [0.3, 0.4) is 0 Å². The van der Waals surface area contributed by atoms with E-state index < -0.39 is 5.60 Å². The second kappa shape index (κ2) is 9.52. The Morgan fingerprint density at radius 2 is 1.55 bits per heavy atom. The van der Waals surface area contributed by atoms with Gasteiger partial charge in [0.1, 0.15) is 11.4 Å². The van der Waals surface area contributed by atoms with Gasteiger partial charge in [-0.1, -0.05) is 55.5 Å². The molecule has 0 aliphatic carbocycles. The summed E-state index contributed by atoms with van der Waals surface area (Å²) in [5.41, 5.74) is 2.89. The average Bonchev–Trinajstić information content (AvgIpc) is 2.81. The summed E-state index contributed by atoms with van der Waals surface area (Å²) in [4.78, 5) is 0. The van der Waals surface area contributed by atoms with Crippen LogP contribution in [0.2, 0.25) is 0 Å². The van der Waals surface area contributed by atoms with Gasteiger partial charge in [0.05, 0.1) is 0 Å². The Bertz CT molecular complexity index is 981. The van der Waals surface area contributed by atoms with Crippen LogP contribution in [0.1, 0.15) is 42.9 Å². The maximum Gasteiger partial charge on any atom is 0.162 e. The molecule has 162 valence electrons. The normalized spacial score (nSPS) is 16.6. The fourth-order valence-corrected chi connectivity index (χ4v) is 4.71. The molecule has 0 saturated carbocycles. The summed E-state index contributed by atoms with van der Waals surface area (Å²) in [6, 6.07) is 22.5. The first kappa shape index (κ1) is 21.4. The number of ether oxygens (including phenoxy) is 1. The predicted molar refractivity (Wildman–Crippen MR) is 122 cm³/mol. The molecule has 4 heteroatoms. The number of halogens is 1. The summed E-state index contributed by atoms with van der Waals surface area (Å²) >= 11 is 0. The van der Waals surface area contributed by atoms with Crippen molar-refractivity contribution in [1.29, 1.82) is 0 Å².